The summed E-state index contributed by atoms with van der Waals surface area (Å²) in [6.07, 6.45) is 0. The van der Waals surface area contributed by atoms with E-state index in [1.165, 1.54) is 11.1 Å². The lowest BCUT2D eigenvalue weighted by Gasteiger charge is -2.35. The van der Waals surface area contributed by atoms with Crippen LogP contribution in [0.2, 0.25) is 0 Å². The fourth-order valence-corrected chi connectivity index (χ4v) is 2.07. The van der Waals surface area contributed by atoms with E-state index in [0.29, 0.717) is 11.8 Å². The number of anilines is 1. The van der Waals surface area contributed by atoms with Crippen molar-refractivity contribution in [2.75, 3.05) is 5.32 Å². The lowest BCUT2D eigenvalue weighted by molar-refractivity contribution is 0.0297. The maximum atomic E-state index is 5.73. The van der Waals surface area contributed by atoms with E-state index < -0.39 is 0 Å². The molecule has 0 unspecified atom stereocenters. The zero-order valence-electron chi connectivity index (χ0n) is 10.4. The molecule has 86 valence electrons. The van der Waals surface area contributed by atoms with Gasteiger partial charge in [-0.3, -0.25) is 0 Å². The van der Waals surface area contributed by atoms with Gasteiger partial charge in [-0.2, -0.15) is 0 Å². The van der Waals surface area contributed by atoms with E-state index in [1.54, 1.807) is 0 Å². The van der Waals surface area contributed by atoms with E-state index in [2.05, 4.69) is 57.8 Å². The van der Waals surface area contributed by atoms with E-state index in [4.69, 9.17) is 4.74 Å². The number of ether oxygens (including phenoxy) is 1. The molecular formula is C14H19NO. The Morgan fingerprint density at radius 2 is 2.00 bits per heavy atom. The molecule has 0 aliphatic carbocycles. The highest BCUT2D eigenvalue weighted by Gasteiger charge is 2.30. The smallest absolute Gasteiger partial charge is 0.184 e. The van der Waals surface area contributed by atoms with Gasteiger partial charge in [0, 0.05) is 11.3 Å². The molecule has 1 aliphatic rings. The second kappa shape index (κ2) is 3.55. The Bertz CT molecular complexity index is 432. The van der Waals surface area contributed by atoms with Gasteiger partial charge >= 0.3 is 0 Å². The third kappa shape index (κ3) is 1.80. The minimum Gasteiger partial charge on any atom is -0.469 e. The van der Waals surface area contributed by atoms with Gasteiger partial charge in [-0.1, -0.05) is 19.9 Å². The minimum absolute atomic E-state index is 0.303. The van der Waals surface area contributed by atoms with Gasteiger partial charge in [0.1, 0.15) is 5.60 Å². The topological polar surface area (TPSA) is 21.3 Å². The van der Waals surface area contributed by atoms with Crippen molar-refractivity contribution in [2.24, 2.45) is 0 Å². The molecule has 0 atom stereocenters. The standard InChI is InChI=1S/C14H19NO/c1-9(2)11-6-7-13-12(8-11)14(4,5)16-10(3)15-13/h6-9,15H,3H2,1-2,4-5H3. The molecule has 1 aromatic rings. The van der Waals surface area contributed by atoms with Crippen molar-refractivity contribution in [1.29, 1.82) is 0 Å². The van der Waals surface area contributed by atoms with Gasteiger partial charge in [-0.15, -0.1) is 0 Å². The molecule has 1 aliphatic heterocycles. The summed E-state index contributed by atoms with van der Waals surface area (Å²) in [4.78, 5) is 0. The Morgan fingerprint density at radius 1 is 1.31 bits per heavy atom. The average molecular weight is 217 g/mol. The molecule has 2 nitrogen and oxygen atoms in total. The molecule has 0 saturated carbocycles. The van der Waals surface area contributed by atoms with Crippen molar-refractivity contribution < 1.29 is 4.74 Å². The normalized spacial score (nSPS) is 17.7. The second-order valence-corrected chi connectivity index (χ2v) is 5.12. The number of nitrogens with one attached hydrogen (secondary N) is 1. The number of benzene rings is 1. The van der Waals surface area contributed by atoms with E-state index in [9.17, 15) is 0 Å². The molecule has 2 rings (SSSR count). The lowest BCUT2D eigenvalue weighted by Crippen LogP contribution is -2.29. The summed E-state index contributed by atoms with van der Waals surface area (Å²) in [7, 11) is 0. The molecule has 0 spiro atoms. The highest BCUT2D eigenvalue weighted by molar-refractivity contribution is 5.59. The van der Waals surface area contributed by atoms with Crippen LogP contribution in [0.15, 0.2) is 30.7 Å². The first kappa shape index (κ1) is 11.1. The molecule has 1 N–H and O–H groups in total. The average Bonchev–Trinajstić information content (AvgIpc) is 2.15. The predicted octanol–water partition coefficient (Wildman–Crippen LogP) is 3.96. The van der Waals surface area contributed by atoms with Crippen LogP contribution in [0.5, 0.6) is 0 Å². The fraction of sp³-hybridized carbons (Fsp3) is 0.429. The zero-order chi connectivity index (χ0) is 11.9. The van der Waals surface area contributed by atoms with Crippen LogP contribution in [0.4, 0.5) is 5.69 Å². The Morgan fingerprint density at radius 3 is 2.62 bits per heavy atom. The lowest BCUT2D eigenvalue weighted by atomic mass is 9.90. The highest BCUT2D eigenvalue weighted by atomic mass is 16.5. The van der Waals surface area contributed by atoms with Gasteiger partial charge in [0.25, 0.3) is 0 Å². The van der Waals surface area contributed by atoms with Crippen molar-refractivity contribution >= 4 is 5.69 Å². The second-order valence-electron chi connectivity index (χ2n) is 5.12. The van der Waals surface area contributed by atoms with Crippen LogP contribution in [-0.4, -0.2) is 0 Å². The Labute approximate surface area is 97.3 Å². The van der Waals surface area contributed by atoms with Gasteiger partial charge in [-0.05, 0) is 44.0 Å². The SMILES string of the molecule is C=C1Nc2ccc(C(C)C)cc2C(C)(C)O1. The summed E-state index contributed by atoms with van der Waals surface area (Å²) < 4.78 is 5.73. The molecule has 0 aromatic heterocycles. The van der Waals surface area contributed by atoms with Crippen LogP contribution >= 0.6 is 0 Å². The molecular weight excluding hydrogens is 198 g/mol. The van der Waals surface area contributed by atoms with Crippen LogP contribution in [0.25, 0.3) is 0 Å². The third-order valence-electron chi connectivity index (χ3n) is 3.01. The number of hydrogen-bond donors (Lipinski definition) is 1. The summed E-state index contributed by atoms with van der Waals surface area (Å²) >= 11 is 0. The van der Waals surface area contributed by atoms with Crippen molar-refractivity contribution in [3.63, 3.8) is 0 Å². The third-order valence-corrected chi connectivity index (χ3v) is 3.01. The molecule has 0 amide bonds. The molecule has 0 radical (unpaired) electrons. The van der Waals surface area contributed by atoms with Crippen LogP contribution in [0, 0.1) is 0 Å². The molecule has 16 heavy (non-hydrogen) atoms. The maximum absolute atomic E-state index is 5.73. The molecule has 0 bridgehead atoms. The largest absolute Gasteiger partial charge is 0.469 e. The van der Waals surface area contributed by atoms with Crippen molar-refractivity contribution in [2.45, 2.75) is 39.2 Å². The first-order valence-corrected chi connectivity index (χ1v) is 5.69. The molecule has 0 saturated heterocycles. The Balaban J connectivity index is 2.52. The number of hydrogen-bond acceptors (Lipinski definition) is 2. The highest BCUT2D eigenvalue weighted by Crippen LogP contribution is 2.38. The van der Waals surface area contributed by atoms with Crippen LogP contribution < -0.4 is 5.32 Å². The first-order valence-electron chi connectivity index (χ1n) is 5.69. The molecule has 2 heteroatoms. The van der Waals surface area contributed by atoms with Crippen LogP contribution in [-0.2, 0) is 10.3 Å². The van der Waals surface area contributed by atoms with E-state index in [1.807, 2.05) is 0 Å². The van der Waals surface area contributed by atoms with Gasteiger partial charge in [0.15, 0.2) is 5.88 Å². The summed E-state index contributed by atoms with van der Waals surface area (Å²) in [5.74, 6) is 1.15. The van der Waals surface area contributed by atoms with E-state index in [-0.39, 0.29) is 5.60 Å². The first-order chi connectivity index (χ1) is 7.40. The fourth-order valence-electron chi connectivity index (χ4n) is 2.07. The number of fused-ring (bicyclic) bond motifs is 1. The predicted molar refractivity (Wildman–Crippen MR) is 67.4 cm³/mol. The number of rotatable bonds is 1. The van der Waals surface area contributed by atoms with E-state index >= 15 is 0 Å². The quantitative estimate of drug-likeness (QED) is 0.768. The van der Waals surface area contributed by atoms with Gasteiger partial charge < -0.3 is 10.1 Å². The minimum atomic E-state index is -0.303. The summed E-state index contributed by atoms with van der Waals surface area (Å²) in [6.45, 7) is 12.4. The Kier molecular flexibility index (Phi) is 2.45. The van der Waals surface area contributed by atoms with Crippen molar-refractivity contribution in [1.82, 2.24) is 0 Å². The molecule has 0 fully saturated rings. The summed E-state index contributed by atoms with van der Waals surface area (Å²) in [5, 5.41) is 3.16. The van der Waals surface area contributed by atoms with Gasteiger partial charge in [0.2, 0.25) is 0 Å². The van der Waals surface area contributed by atoms with Crippen LogP contribution in [0.1, 0.15) is 44.7 Å². The van der Waals surface area contributed by atoms with Crippen molar-refractivity contribution in [3.05, 3.63) is 41.8 Å². The molecule has 1 aromatic carbocycles. The monoisotopic (exact) mass is 217 g/mol. The molecule has 1 heterocycles. The van der Waals surface area contributed by atoms with Crippen molar-refractivity contribution in [3.8, 4) is 0 Å². The zero-order valence-corrected chi connectivity index (χ0v) is 10.4. The Hall–Kier alpha value is -1.44. The van der Waals surface area contributed by atoms with E-state index in [0.717, 1.165) is 5.69 Å². The summed E-state index contributed by atoms with van der Waals surface area (Å²) in [6, 6.07) is 6.49. The van der Waals surface area contributed by atoms with Gasteiger partial charge in [-0.25, -0.2) is 0 Å². The maximum Gasteiger partial charge on any atom is 0.184 e. The van der Waals surface area contributed by atoms with Crippen LogP contribution in [0.3, 0.4) is 0 Å². The summed E-state index contributed by atoms with van der Waals surface area (Å²) in [5.41, 5.74) is 3.34. The van der Waals surface area contributed by atoms with Gasteiger partial charge in [0.05, 0.1) is 0 Å².